The first-order chi connectivity index (χ1) is 9.85. The zero-order valence-corrected chi connectivity index (χ0v) is 11.6. The van der Waals surface area contributed by atoms with Crippen LogP contribution < -0.4 is 5.32 Å². The van der Waals surface area contributed by atoms with Crippen LogP contribution in [0, 0.1) is 0 Å². The molecule has 0 aromatic heterocycles. The molecule has 0 radical (unpaired) electrons. The summed E-state index contributed by atoms with van der Waals surface area (Å²) in [6.45, 7) is 1.14. The number of nitrogens with one attached hydrogen (secondary N) is 1. The van der Waals surface area contributed by atoms with E-state index in [0.29, 0.717) is 0 Å². The lowest BCUT2D eigenvalue weighted by Crippen LogP contribution is -2.48. The van der Waals surface area contributed by atoms with Crippen molar-refractivity contribution in [3.05, 3.63) is 71.8 Å². The van der Waals surface area contributed by atoms with Crippen molar-refractivity contribution in [3.63, 3.8) is 0 Å². The van der Waals surface area contributed by atoms with Gasteiger partial charge >= 0.3 is 0 Å². The fourth-order valence-electron chi connectivity index (χ4n) is 3.42. The van der Waals surface area contributed by atoms with Crippen LogP contribution in [0.15, 0.2) is 60.7 Å². The summed E-state index contributed by atoms with van der Waals surface area (Å²) < 4.78 is 0. The Bertz CT molecular complexity index is 498. The molecule has 1 saturated heterocycles. The van der Waals surface area contributed by atoms with Gasteiger partial charge in [0.1, 0.15) is 0 Å². The predicted octanol–water partition coefficient (Wildman–Crippen LogP) is 2.72. The van der Waals surface area contributed by atoms with Gasteiger partial charge in [0, 0.05) is 11.5 Å². The number of rotatable bonds is 3. The first-order valence-electron chi connectivity index (χ1n) is 7.30. The van der Waals surface area contributed by atoms with Gasteiger partial charge in [-0.3, -0.25) is 0 Å². The maximum Gasteiger partial charge on any atom is 0.0585 e. The zero-order chi connectivity index (χ0) is 13.8. The molecule has 0 saturated carbocycles. The van der Waals surface area contributed by atoms with Crippen LogP contribution in [0.2, 0.25) is 0 Å². The fraction of sp³-hybridized carbons (Fsp3) is 0.333. The minimum absolute atomic E-state index is 0.0150. The number of hydrogen-bond acceptors (Lipinski definition) is 2. The molecule has 0 aliphatic carbocycles. The topological polar surface area (TPSA) is 32.3 Å². The van der Waals surface area contributed by atoms with E-state index in [1.54, 1.807) is 0 Å². The monoisotopic (exact) mass is 267 g/mol. The van der Waals surface area contributed by atoms with E-state index in [4.69, 9.17) is 0 Å². The van der Waals surface area contributed by atoms with Crippen molar-refractivity contribution in [1.29, 1.82) is 0 Å². The largest absolute Gasteiger partial charge is 0.395 e. The van der Waals surface area contributed by atoms with E-state index >= 15 is 0 Å². The summed E-state index contributed by atoms with van der Waals surface area (Å²) in [6.07, 6.45) is 2.01. The minimum atomic E-state index is 0.0150. The average Bonchev–Trinajstić information content (AvgIpc) is 2.56. The van der Waals surface area contributed by atoms with E-state index in [-0.39, 0.29) is 18.1 Å². The van der Waals surface area contributed by atoms with E-state index in [1.165, 1.54) is 11.1 Å². The van der Waals surface area contributed by atoms with Gasteiger partial charge < -0.3 is 10.4 Å². The molecule has 2 aromatic rings. The first kappa shape index (κ1) is 13.3. The van der Waals surface area contributed by atoms with Gasteiger partial charge in [-0.05, 0) is 30.5 Å². The van der Waals surface area contributed by atoms with Gasteiger partial charge in [0.15, 0.2) is 0 Å². The first-order valence-corrected chi connectivity index (χ1v) is 7.30. The second-order valence-corrected chi connectivity index (χ2v) is 5.60. The van der Waals surface area contributed by atoms with Crippen LogP contribution in [0.4, 0.5) is 0 Å². The second-order valence-electron chi connectivity index (χ2n) is 5.60. The third-order valence-corrected chi connectivity index (χ3v) is 4.45. The minimum Gasteiger partial charge on any atom is -0.395 e. The van der Waals surface area contributed by atoms with E-state index in [1.807, 2.05) is 0 Å². The molecule has 1 fully saturated rings. The van der Waals surface area contributed by atoms with Crippen molar-refractivity contribution in [3.8, 4) is 0 Å². The van der Waals surface area contributed by atoms with Gasteiger partial charge in [-0.25, -0.2) is 0 Å². The molecule has 1 aliphatic rings. The van der Waals surface area contributed by atoms with E-state index in [2.05, 4.69) is 66.0 Å². The molecular formula is C18H21NO. The summed E-state index contributed by atoms with van der Waals surface area (Å²) in [7, 11) is 0. The highest BCUT2D eigenvalue weighted by Gasteiger charge is 2.38. The van der Waals surface area contributed by atoms with Gasteiger partial charge in [-0.2, -0.15) is 0 Å². The van der Waals surface area contributed by atoms with Crippen LogP contribution in [-0.2, 0) is 5.41 Å². The Morgan fingerprint density at radius 2 is 1.50 bits per heavy atom. The summed E-state index contributed by atoms with van der Waals surface area (Å²) in [5.41, 5.74) is 2.72. The van der Waals surface area contributed by atoms with Crippen LogP contribution >= 0.6 is 0 Å². The molecule has 1 unspecified atom stereocenters. The number of aliphatic hydroxyl groups is 1. The Morgan fingerprint density at radius 3 is 2.00 bits per heavy atom. The van der Waals surface area contributed by atoms with Crippen molar-refractivity contribution in [2.45, 2.75) is 24.3 Å². The molecule has 20 heavy (non-hydrogen) atoms. The lowest BCUT2D eigenvalue weighted by molar-refractivity contribution is 0.188. The number of aliphatic hydroxyl groups excluding tert-OH is 1. The van der Waals surface area contributed by atoms with Crippen molar-refractivity contribution < 1.29 is 5.11 Å². The number of hydrogen-bond donors (Lipinski definition) is 2. The van der Waals surface area contributed by atoms with Crippen LogP contribution in [0.25, 0.3) is 0 Å². The molecular weight excluding hydrogens is 246 g/mol. The molecule has 104 valence electrons. The Labute approximate surface area is 120 Å². The number of benzene rings is 2. The molecule has 2 aromatic carbocycles. The van der Waals surface area contributed by atoms with Crippen LogP contribution in [0.3, 0.4) is 0 Å². The summed E-state index contributed by atoms with van der Waals surface area (Å²) in [4.78, 5) is 0. The molecule has 2 N–H and O–H groups in total. The van der Waals surface area contributed by atoms with Gasteiger partial charge in [0.05, 0.1) is 6.61 Å². The molecule has 0 amide bonds. The van der Waals surface area contributed by atoms with Crippen molar-refractivity contribution in [2.24, 2.45) is 0 Å². The maximum absolute atomic E-state index is 9.55. The second kappa shape index (κ2) is 5.78. The Kier molecular flexibility index (Phi) is 3.86. The highest BCUT2D eigenvalue weighted by atomic mass is 16.3. The lowest BCUT2D eigenvalue weighted by atomic mass is 9.66. The molecule has 0 spiro atoms. The smallest absolute Gasteiger partial charge is 0.0585 e. The highest BCUT2D eigenvalue weighted by molar-refractivity contribution is 5.40. The van der Waals surface area contributed by atoms with Crippen LogP contribution in [0.5, 0.6) is 0 Å². The summed E-state index contributed by atoms with van der Waals surface area (Å²) in [6, 6.07) is 21.6. The molecule has 3 rings (SSSR count). The summed E-state index contributed by atoms with van der Waals surface area (Å²) >= 11 is 0. The standard InChI is InChI=1S/C18H21NO/c20-14-17-13-18(11-12-19-17,15-7-3-1-4-8-15)16-9-5-2-6-10-16/h1-10,17,19-20H,11-14H2. The normalized spacial score (nSPS) is 21.6. The van der Waals surface area contributed by atoms with Crippen LogP contribution in [0.1, 0.15) is 24.0 Å². The number of piperidine rings is 1. The third kappa shape index (κ3) is 2.37. The summed E-state index contributed by atoms with van der Waals surface area (Å²) in [5, 5.41) is 13.0. The van der Waals surface area contributed by atoms with Gasteiger partial charge in [0.2, 0.25) is 0 Å². The Balaban J connectivity index is 2.08. The lowest BCUT2D eigenvalue weighted by Gasteiger charge is -2.42. The molecule has 1 heterocycles. The molecule has 0 bridgehead atoms. The SMILES string of the molecule is OCC1CC(c2ccccc2)(c2ccccc2)CCN1. The predicted molar refractivity (Wildman–Crippen MR) is 81.8 cm³/mol. The quantitative estimate of drug-likeness (QED) is 0.896. The van der Waals surface area contributed by atoms with Gasteiger partial charge in [-0.1, -0.05) is 60.7 Å². The fourth-order valence-corrected chi connectivity index (χ4v) is 3.42. The van der Waals surface area contributed by atoms with Gasteiger partial charge in [0.25, 0.3) is 0 Å². The summed E-state index contributed by atoms with van der Waals surface area (Å²) in [5.74, 6) is 0. The van der Waals surface area contributed by atoms with Crippen molar-refractivity contribution in [2.75, 3.05) is 13.2 Å². The average molecular weight is 267 g/mol. The van der Waals surface area contributed by atoms with E-state index in [9.17, 15) is 5.11 Å². The highest BCUT2D eigenvalue weighted by Crippen LogP contribution is 2.41. The van der Waals surface area contributed by atoms with Crippen molar-refractivity contribution >= 4 is 0 Å². The van der Waals surface area contributed by atoms with E-state index in [0.717, 1.165) is 19.4 Å². The van der Waals surface area contributed by atoms with Crippen LogP contribution in [-0.4, -0.2) is 24.3 Å². The Morgan fingerprint density at radius 1 is 0.950 bits per heavy atom. The van der Waals surface area contributed by atoms with Gasteiger partial charge in [-0.15, -0.1) is 0 Å². The zero-order valence-electron chi connectivity index (χ0n) is 11.6. The molecule has 1 aliphatic heterocycles. The maximum atomic E-state index is 9.55. The molecule has 1 atom stereocenters. The van der Waals surface area contributed by atoms with Crippen molar-refractivity contribution in [1.82, 2.24) is 5.32 Å². The third-order valence-electron chi connectivity index (χ3n) is 4.45. The molecule has 2 heteroatoms. The Hall–Kier alpha value is -1.64. The van der Waals surface area contributed by atoms with E-state index < -0.39 is 0 Å². The molecule has 2 nitrogen and oxygen atoms in total.